The lowest BCUT2D eigenvalue weighted by Crippen LogP contribution is -2.52. The summed E-state index contributed by atoms with van der Waals surface area (Å²) in [5, 5.41) is 3.06. The number of nitrogens with zero attached hydrogens (tertiary/aromatic N) is 5. The van der Waals surface area contributed by atoms with E-state index in [-0.39, 0.29) is 11.9 Å². The Kier molecular flexibility index (Phi) is 5.22. The number of anilines is 1. The fraction of sp³-hybridized carbons (Fsp3) is 0.348. The Morgan fingerprint density at radius 3 is 2.52 bits per heavy atom. The Hall–Kier alpha value is -3.56. The summed E-state index contributed by atoms with van der Waals surface area (Å²) < 4.78 is 38.3. The highest BCUT2D eigenvalue weighted by Crippen LogP contribution is 2.47. The topological polar surface area (TPSA) is 83.9 Å². The van der Waals surface area contributed by atoms with E-state index < -0.39 is 17.3 Å². The van der Waals surface area contributed by atoms with Gasteiger partial charge in [-0.05, 0) is 37.3 Å². The van der Waals surface area contributed by atoms with Crippen molar-refractivity contribution in [3.63, 3.8) is 0 Å². The predicted molar refractivity (Wildman–Crippen MR) is 114 cm³/mol. The van der Waals surface area contributed by atoms with Gasteiger partial charge in [0.05, 0.1) is 16.7 Å². The van der Waals surface area contributed by atoms with E-state index in [0.717, 1.165) is 31.7 Å². The zero-order chi connectivity index (χ0) is 23.1. The first-order valence-corrected chi connectivity index (χ1v) is 10.7. The molecule has 3 heterocycles. The van der Waals surface area contributed by atoms with E-state index in [1.165, 1.54) is 0 Å². The molecule has 1 N–H and O–H groups in total. The molecular weight excluding hydrogens is 433 g/mol. The average molecular weight is 454 g/mol. The number of nitrogens with one attached hydrogen (secondary N) is 1. The number of benzene rings is 1. The van der Waals surface area contributed by atoms with E-state index in [0.29, 0.717) is 36.0 Å². The zero-order valence-electron chi connectivity index (χ0n) is 17.6. The van der Waals surface area contributed by atoms with E-state index in [4.69, 9.17) is 0 Å². The van der Waals surface area contributed by atoms with Gasteiger partial charge in [0, 0.05) is 43.4 Å². The third kappa shape index (κ3) is 4.01. The van der Waals surface area contributed by atoms with E-state index >= 15 is 0 Å². The highest BCUT2D eigenvalue weighted by atomic mass is 19.4. The van der Waals surface area contributed by atoms with Crippen molar-refractivity contribution in [2.24, 2.45) is 5.92 Å². The number of piperidine rings is 1. The van der Waals surface area contributed by atoms with Gasteiger partial charge in [-0.1, -0.05) is 18.2 Å². The highest BCUT2D eigenvalue weighted by Gasteiger charge is 2.52. The minimum Gasteiger partial charge on any atom is -0.352 e. The third-order valence-corrected chi connectivity index (χ3v) is 6.46. The molecule has 7 nitrogen and oxygen atoms in total. The summed E-state index contributed by atoms with van der Waals surface area (Å²) >= 11 is 0. The SMILES string of the molecule is O=C(c1ccccc1-c1ncccn1)N1CC2CCC1(CNc1ncc(C(F)(F)F)cn1)C2. The summed E-state index contributed by atoms with van der Waals surface area (Å²) in [4.78, 5) is 31.8. The Labute approximate surface area is 188 Å². The van der Waals surface area contributed by atoms with Crippen molar-refractivity contribution in [1.82, 2.24) is 24.8 Å². The number of rotatable bonds is 5. The molecule has 1 aliphatic carbocycles. The van der Waals surface area contributed by atoms with Crippen LogP contribution >= 0.6 is 0 Å². The second-order valence-electron chi connectivity index (χ2n) is 8.51. The second kappa shape index (κ2) is 8.09. The summed E-state index contributed by atoms with van der Waals surface area (Å²) in [6, 6.07) is 8.99. The minimum absolute atomic E-state index is 0.101. The molecule has 1 aliphatic heterocycles. The lowest BCUT2D eigenvalue weighted by molar-refractivity contribution is -0.138. The number of likely N-dealkylation sites (tertiary alicyclic amines) is 1. The molecule has 33 heavy (non-hydrogen) atoms. The maximum absolute atomic E-state index is 13.7. The van der Waals surface area contributed by atoms with Crippen LogP contribution in [0.5, 0.6) is 0 Å². The predicted octanol–water partition coefficient (Wildman–Crippen LogP) is 4.06. The van der Waals surface area contributed by atoms with Crippen LogP contribution in [0.1, 0.15) is 35.2 Å². The van der Waals surface area contributed by atoms with Gasteiger partial charge in [0.15, 0.2) is 5.82 Å². The van der Waals surface area contributed by atoms with Gasteiger partial charge in [-0.3, -0.25) is 4.79 Å². The molecule has 2 atom stereocenters. The largest absolute Gasteiger partial charge is 0.419 e. The number of alkyl halides is 3. The van der Waals surface area contributed by atoms with Crippen molar-refractivity contribution in [1.29, 1.82) is 0 Å². The number of hydrogen-bond donors (Lipinski definition) is 1. The molecule has 1 amide bonds. The smallest absolute Gasteiger partial charge is 0.352 e. The molecule has 3 aromatic rings. The highest BCUT2D eigenvalue weighted by molar-refractivity contribution is 6.00. The first kappa shape index (κ1) is 21.3. The molecule has 2 fully saturated rings. The Balaban J connectivity index is 1.38. The second-order valence-corrected chi connectivity index (χ2v) is 8.51. The Bertz CT molecular complexity index is 1150. The van der Waals surface area contributed by atoms with Gasteiger partial charge in [-0.15, -0.1) is 0 Å². The lowest BCUT2D eigenvalue weighted by atomic mass is 9.94. The van der Waals surface area contributed by atoms with Crippen molar-refractivity contribution in [2.75, 3.05) is 18.4 Å². The van der Waals surface area contributed by atoms with Gasteiger partial charge in [-0.2, -0.15) is 13.2 Å². The zero-order valence-corrected chi connectivity index (χ0v) is 17.6. The summed E-state index contributed by atoms with van der Waals surface area (Å²) in [7, 11) is 0. The lowest BCUT2D eigenvalue weighted by Gasteiger charge is -2.39. The normalized spacial score (nSPS) is 21.9. The summed E-state index contributed by atoms with van der Waals surface area (Å²) in [5.41, 5.74) is -0.149. The van der Waals surface area contributed by atoms with E-state index in [1.807, 2.05) is 23.1 Å². The van der Waals surface area contributed by atoms with Crippen LogP contribution in [0.15, 0.2) is 55.1 Å². The molecule has 2 aliphatic rings. The Morgan fingerprint density at radius 1 is 1.09 bits per heavy atom. The number of fused-ring (bicyclic) bond motifs is 2. The van der Waals surface area contributed by atoms with Crippen LogP contribution in [-0.2, 0) is 6.18 Å². The standard InChI is InChI=1S/C23H21F3N6O/c24-23(25,26)16-11-29-21(30-12-16)31-14-22-7-6-15(10-22)13-32(22)20(33)18-5-2-1-4-17(18)19-27-8-3-9-28-19/h1-5,8-9,11-12,15H,6-7,10,13-14H2,(H,29,30,31). The maximum Gasteiger partial charge on any atom is 0.419 e. The fourth-order valence-corrected chi connectivity index (χ4v) is 4.88. The van der Waals surface area contributed by atoms with Crippen molar-refractivity contribution >= 4 is 11.9 Å². The van der Waals surface area contributed by atoms with Gasteiger partial charge < -0.3 is 10.2 Å². The molecule has 1 aromatic carbocycles. The first-order valence-electron chi connectivity index (χ1n) is 10.7. The molecule has 10 heteroatoms. The van der Waals surface area contributed by atoms with Crippen molar-refractivity contribution < 1.29 is 18.0 Å². The van der Waals surface area contributed by atoms with Crippen LogP contribution in [-0.4, -0.2) is 49.4 Å². The molecule has 0 spiro atoms. The third-order valence-electron chi connectivity index (χ3n) is 6.46. The molecule has 5 rings (SSSR count). The van der Waals surface area contributed by atoms with Crippen LogP contribution in [0.4, 0.5) is 19.1 Å². The number of carbonyl (C=O) groups is 1. The van der Waals surface area contributed by atoms with Gasteiger partial charge in [0.25, 0.3) is 5.91 Å². The molecule has 2 aromatic heterocycles. The van der Waals surface area contributed by atoms with Crippen LogP contribution < -0.4 is 5.32 Å². The molecule has 170 valence electrons. The quantitative estimate of drug-likeness (QED) is 0.626. The number of aromatic nitrogens is 4. The van der Waals surface area contributed by atoms with Gasteiger partial charge in [0.1, 0.15) is 0 Å². The molecule has 0 radical (unpaired) electrons. The molecule has 2 unspecified atom stereocenters. The number of carbonyl (C=O) groups excluding carboxylic acids is 1. The Morgan fingerprint density at radius 2 is 1.82 bits per heavy atom. The fourth-order valence-electron chi connectivity index (χ4n) is 4.88. The summed E-state index contributed by atoms with van der Waals surface area (Å²) in [5.74, 6) is 0.883. The summed E-state index contributed by atoms with van der Waals surface area (Å²) in [6.07, 6.45) is 2.95. The molecule has 2 bridgehead atoms. The van der Waals surface area contributed by atoms with Crippen molar-refractivity contribution in [3.8, 4) is 11.4 Å². The molecule has 1 saturated heterocycles. The van der Waals surface area contributed by atoms with E-state index in [1.54, 1.807) is 24.5 Å². The van der Waals surface area contributed by atoms with E-state index in [9.17, 15) is 18.0 Å². The minimum atomic E-state index is -4.49. The van der Waals surface area contributed by atoms with Crippen molar-refractivity contribution in [3.05, 3.63) is 66.2 Å². The number of hydrogen-bond acceptors (Lipinski definition) is 6. The number of halogens is 3. The maximum atomic E-state index is 13.7. The van der Waals surface area contributed by atoms with Gasteiger partial charge >= 0.3 is 6.18 Å². The first-order chi connectivity index (χ1) is 15.9. The molecular formula is C23H21F3N6O. The monoisotopic (exact) mass is 454 g/mol. The van der Waals surface area contributed by atoms with Crippen molar-refractivity contribution in [2.45, 2.75) is 31.0 Å². The van der Waals surface area contributed by atoms with Crippen LogP contribution in [0.2, 0.25) is 0 Å². The average Bonchev–Trinajstić information content (AvgIpc) is 3.42. The van der Waals surface area contributed by atoms with Crippen LogP contribution in [0.3, 0.4) is 0 Å². The van der Waals surface area contributed by atoms with Crippen LogP contribution in [0.25, 0.3) is 11.4 Å². The van der Waals surface area contributed by atoms with Gasteiger partial charge in [-0.25, -0.2) is 19.9 Å². The molecule has 1 saturated carbocycles. The van der Waals surface area contributed by atoms with Gasteiger partial charge in [0.2, 0.25) is 5.95 Å². The van der Waals surface area contributed by atoms with E-state index in [2.05, 4.69) is 25.3 Å². The number of amides is 1. The van der Waals surface area contributed by atoms with Crippen LogP contribution in [0, 0.1) is 5.92 Å². The summed E-state index contributed by atoms with van der Waals surface area (Å²) in [6.45, 7) is 1.00.